The fraction of sp³-hybridized carbons (Fsp3) is 1.00. The predicted octanol–water partition coefficient (Wildman–Crippen LogP) is 2.12. The van der Waals surface area contributed by atoms with Crippen molar-refractivity contribution in [1.82, 2.24) is 10.2 Å². The number of nitrogens with zero attached hydrogens (tertiary/aromatic N) is 1. The maximum Gasteiger partial charge on any atom is 0.0622 e. The number of nitrogens with one attached hydrogen (secondary N) is 1. The summed E-state index contributed by atoms with van der Waals surface area (Å²) in [5.74, 6) is 0.641. The Morgan fingerprint density at radius 2 is 2.06 bits per heavy atom. The van der Waals surface area contributed by atoms with Crippen LogP contribution in [0.25, 0.3) is 0 Å². The number of likely N-dealkylation sites (tertiary alicyclic amines) is 1. The Balaban J connectivity index is 2.37. The standard InChI is InChI=1S/C14H30N2O/c1-5-17-11-14(12(2)3)15-13-7-6-9-16(4)10-8-13/h12-15H,5-11H2,1-4H3. The molecule has 0 amide bonds. The first-order chi connectivity index (χ1) is 8.13. The van der Waals surface area contributed by atoms with Crippen molar-refractivity contribution < 1.29 is 4.74 Å². The van der Waals surface area contributed by atoms with E-state index in [9.17, 15) is 0 Å². The van der Waals surface area contributed by atoms with E-state index in [2.05, 4.69) is 38.0 Å². The van der Waals surface area contributed by atoms with E-state index in [-0.39, 0.29) is 0 Å². The van der Waals surface area contributed by atoms with Crippen molar-refractivity contribution >= 4 is 0 Å². The van der Waals surface area contributed by atoms with Gasteiger partial charge in [-0.05, 0) is 52.2 Å². The largest absolute Gasteiger partial charge is 0.380 e. The Kier molecular flexibility index (Phi) is 7.09. The average molecular weight is 242 g/mol. The molecule has 0 aromatic heterocycles. The third kappa shape index (κ3) is 5.84. The Morgan fingerprint density at radius 3 is 2.71 bits per heavy atom. The average Bonchev–Trinajstić information content (AvgIpc) is 2.49. The van der Waals surface area contributed by atoms with Crippen LogP contribution in [0.5, 0.6) is 0 Å². The van der Waals surface area contributed by atoms with E-state index in [1.165, 1.54) is 32.4 Å². The lowest BCUT2D eigenvalue weighted by Gasteiger charge is -2.27. The maximum atomic E-state index is 5.58. The first-order valence-electron chi connectivity index (χ1n) is 7.15. The van der Waals surface area contributed by atoms with E-state index in [1.54, 1.807) is 0 Å². The molecule has 17 heavy (non-hydrogen) atoms. The zero-order chi connectivity index (χ0) is 12.7. The molecular formula is C14H30N2O. The molecule has 0 radical (unpaired) electrons. The Hall–Kier alpha value is -0.120. The monoisotopic (exact) mass is 242 g/mol. The van der Waals surface area contributed by atoms with Crippen LogP contribution in [-0.2, 0) is 4.74 Å². The van der Waals surface area contributed by atoms with Gasteiger partial charge in [0.15, 0.2) is 0 Å². The summed E-state index contributed by atoms with van der Waals surface area (Å²) in [5, 5.41) is 3.80. The minimum atomic E-state index is 0.503. The van der Waals surface area contributed by atoms with Gasteiger partial charge in [-0.15, -0.1) is 0 Å². The van der Waals surface area contributed by atoms with Crippen LogP contribution in [0.15, 0.2) is 0 Å². The molecule has 102 valence electrons. The highest BCUT2D eigenvalue weighted by molar-refractivity contribution is 4.79. The number of ether oxygens (including phenoxy) is 1. The highest BCUT2D eigenvalue weighted by Gasteiger charge is 2.20. The van der Waals surface area contributed by atoms with Crippen LogP contribution in [0.2, 0.25) is 0 Å². The van der Waals surface area contributed by atoms with Crippen molar-refractivity contribution in [2.75, 3.05) is 33.4 Å². The highest BCUT2D eigenvalue weighted by Crippen LogP contribution is 2.12. The van der Waals surface area contributed by atoms with Gasteiger partial charge >= 0.3 is 0 Å². The summed E-state index contributed by atoms with van der Waals surface area (Å²) in [6, 6.07) is 1.18. The second-order valence-corrected chi connectivity index (χ2v) is 5.61. The first-order valence-corrected chi connectivity index (χ1v) is 7.15. The zero-order valence-electron chi connectivity index (χ0n) is 12.0. The van der Waals surface area contributed by atoms with Gasteiger partial charge in [0, 0.05) is 18.7 Å². The molecule has 2 unspecified atom stereocenters. The Morgan fingerprint density at radius 1 is 1.29 bits per heavy atom. The summed E-state index contributed by atoms with van der Waals surface area (Å²) in [5.41, 5.74) is 0. The van der Waals surface area contributed by atoms with Crippen LogP contribution >= 0.6 is 0 Å². The fourth-order valence-corrected chi connectivity index (χ4v) is 2.39. The van der Waals surface area contributed by atoms with Gasteiger partial charge in [-0.1, -0.05) is 13.8 Å². The van der Waals surface area contributed by atoms with Gasteiger partial charge < -0.3 is 15.0 Å². The Labute approximate surface area is 107 Å². The minimum absolute atomic E-state index is 0.503. The molecule has 0 spiro atoms. The van der Waals surface area contributed by atoms with E-state index in [0.29, 0.717) is 18.0 Å². The summed E-state index contributed by atoms with van der Waals surface area (Å²) >= 11 is 0. The summed E-state index contributed by atoms with van der Waals surface area (Å²) in [7, 11) is 2.22. The minimum Gasteiger partial charge on any atom is -0.380 e. The van der Waals surface area contributed by atoms with Gasteiger partial charge in [0.1, 0.15) is 0 Å². The van der Waals surface area contributed by atoms with Gasteiger partial charge in [-0.3, -0.25) is 0 Å². The first kappa shape index (κ1) is 14.9. The van der Waals surface area contributed by atoms with Crippen LogP contribution in [0.3, 0.4) is 0 Å². The topological polar surface area (TPSA) is 24.5 Å². The molecule has 1 fully saturated rings. The third-order valence-electron chi connectivity index (χ3n) is 3.71. The summed E-state index contributed by atoms with van der Waals surface area (Å²) < 4.78 is 5.58. The summed E-state index contributed by atoms with van der Waals surface area (Å²) in [4.78, 5) is 2.44. The molecule has 1 aliphatic rings. The van der Waals surface area contributed by atoms with Gasteiger partial charge in [0.2, 0.25) is 0 Å². The van der Waals surface area contributed by atoms with E-state index in [4.69, 9.17) is 4.74 Å². The number of rotatable bonds is 6. The fourth-order valence-electron chi connectivity index (χ4n) is 2.39. The number of hydrogen-bond donors (Lipinski definition) is 1. The van der Waals surface area contributed by atoms with E-state index >= 15 is 0 Å². The van der Waals surface area contributed by atoms with E-state index < -0.39 is 0 Å². The van der Waals surface area contributed by atoms with Crippen LogP contribution in [-0.4, -0.2) is 50.3 Å². The lowest BCUT2D eigenvalue weighted by Crippen LogP contribution is -2.44. The summed E-state index contributed by atoms with van der Waals surface area (Å²) in [6.07, 6.45) is 3.89. The van der Waals surface area contributed by atoms with E-state index in [0.717, 1.165) is 13.2 Å². The van der Waals surface area contributed by atoms with Crippen molar-refractivity contribution in [1.29, 1.82) is 0 Å². The molecule has 0 bridgehead atoms. The van der Waals surface area contributed by atoms with Gasteiger partial charge in [-0.2, -0.15) is 0 Å². The van der Waals surface area contributed by atoms with Crippen LogP contribution < -0.4 is 5.32 Å². The normalized spacial score (nSPS) is 24.9. The second-order valence-electron chi connectivity index (χ2n) is 5.61. The molecule has 1 saturated heterocycles. The number of hydrogen-bond acceptors (Lipinski definition) is 3. The molecule has 0 aromatic rings. The SMILES string of the molecule is CCOCC(NC1CCCN(C)CC1)C(C)C. The maximum absolute atomic E-state index is 5.58. The molecule has 2 atom stereocenters. The highest BCUT2D eigenvalue weighted by atomic mass is 16.5. The lowest BCUT2D eigenvalue weighted by molar-refractivity contribution is 0.102. The van der Waals surface area contributed by atoms with Gasteiger partial charge in [0.05, 0.1) is 6.61 Å². The Bertz CT molecular complexity index is 197. The van der Waals surface area contributed by atoms with Crippen molar-refractivity contribution in [3.8, 4) is 0 Å². The van der Waals surface area contributed by atoms with Crippen molar-refractivity contribution in [3.63, 3.8) is 0 Å². The van der Waals surface area contributed by atoms with Crippen LogP contribution in [0.1, 0.15) is 40.0 Å². The summed E-state index contributed by atoms with van der Waals surface area (Å²) in [6.45, 7) is 10.8. The molecule has 0 aliphatic carbocycles. The van der Waals surface area contributed by atoms with Crippen LogP contribution in [0, 0.1) is 5.92 Å². The predicted molar refractivity (Wildman–Crippen MR) is 73.4 cm³/mol. The quantitative estimate of drug-likeness (QED) is 0.772. The second kappa shape index (κ2) is 8.06. The van der Waals surface area contributed by atoms with Crippen LogP contribution in [0.4, 0.5) is 0 Å². The molecule has 3 heteroatoms. The molecule has 1 rings (SSSR count). The van der Waals surface area contributed by atoms with Gasteiger partial charge in [0.25, 0.3) is 0 Å². The van der Waals surface area contributed by atoms with Crippen molar-refractivity contribution in [3.05, 3.63) is 0 Å². The molecule has 0 aromatic carbocycles. The van der Waals surface area contributed by atoms with Crippen molar-refractivity contribution in [2.45, 2.75) is 52.1 Å². The molecule has 0 saturated carbocycles. The molecular weight excluding hydrogens is 212 g/mol. The lowest BCUT2D eigenvalue weighted by atomic mass is 10.0. The molecule has 3 nitrogen and oxygen atoms in total. The third-order valence-corrected chi connectivity index (χ3v) is 3.71. The van der Waals surface area contributed by atoms with Gasteiger partial charge in [-0.25, -0.2) is 0 Å². The smallest absolute Gasteiger partial charge is 0.0622 e. The zero-order valence-corrected chi connectivity index (χ0v) is 12.0. The molecule has 1 heterocycles. The van der Waals surface area contributed by atoms with E-state index in [1.807, 2.05) is 0 Å². The molecule has 1 aliphatic heterocycles. The molecule has 1 N–H and O–H groups in total. The van der Waals surface area contributed by atoms with Crippen molar-refractivity contribution in [2.24, 2.45) is 5.92 Å².